The van der Waals surface area contributed by atoms with E-state index < -0.39 is 12.2 Å². The summed E-state index contributed by atoms with van der Waals surface area (Å²) in [6.07, 6.45) is 2.08. The molecule has 0 aromatic heterocycles. The number of hydrogen-bond acceptors (Lipinski definition) is 4. The highest BCUT2D eigenvalue weighted by Gasteiger charge is 2.33. The van der Waals surface area contributed by atoms with Gasteiger partial charge in [0.25, 0.3) is 0 Å². The quantitative estimate of drug-likeness (QED) is 0.794. The largest absolute Gasteiger partial charge is 0.442 e. The van der Waals surface area contributed by atoms with E-state index in [0.717, 1.165) is 25.8 Å². The van der Waals surface area contributed by atoms with Gasteiger partial charge in [0.2, 0.25) is 5.91 Å². The number of hydrogen-bond donors (Lipinski definition) is 1. The minimum Gasteiger partial charge on any atom is -0.442 e. The van der Waals surface area contributed by atoms with Gasteiger partial charge in [-0.2, -0.15) is 0 Å². The third-order valence-corrected chi connectivity index (χ3v) is 5.17. The van der Waals surface area contributed by atoms with E-state index >= 15 is 0 Å². The molecule has 2 amide bonds. The molecule has 1 N–H and O–H groups in total. The summed E-state index contributed by atoms with van der Waals surface area (Å²) in [7, 11) is 0. The molecule has 0 bridgehead atoms. The van der Waals surface area contributed by atoms with Crippen molar-refractivity contribution in [3.63, 3.8) is 0 Å². The zero-order valence-corrected chi connectivity index (χ0v) is 15.5. The lowest BCUT2D eigenvalue weighted by Gasteiger charge is -2.36. The summed E-state index contributed by atoms with van der Waals surface area (Å²) < 4.78 is 20.0. The van der Waals surface area contributed by atoms with Crippen molar-refractivity contribution in [2.45, 2.75) is 38.3 Å². The molecule has 0 spiro atoms. The average Bonchev–Trinajstić information content (AvgIpc) is 3.00. The first-order valence-electron chi connectivity index (χ1n) is 8.84. The summed E-state index contributed by atoms with van der Waals surface area (Å²) in [6.45, 7) is 2.69. The summed E-state index contributed by atoms with van der Waals surface area (Å²) >= 11 is 6.04. The molecule has 26 heavy (non-hydrogen) atoms. The Hall–Kier alpha value is -2.02. The minimum absolute atomic E-state index is 0.129. The second kappa shape index (κ2) is 8.12. The van der Waals surface area contributed by atoms with E-state index in [9.17, 15) is 14.0 Å². The molecule has 3 rings (SSSR count). The van der Waals surface area contributed by atoms with Gasteiger partial charge < -0.3 is 15.0 Å². The lowest BCUT2D eigenvalue weighted by Crippen LogP contribution is -2.41. The van der Waals surface area contributed by atoms with E-state index in [1.807, 2.05) is 4.90 Å². The van der Waals surface area contributed by atoms with Crippen LogP contribution < -0.4 is 15.1 Å². The number of anilines is 2. The molecular weight excluding hydrogens is 361 g/mol. The number of cyclic esters (lactones) is 1. The highest BCUT2D eigenvalue weighted by molar-refractivity contribution is 6.18. The fourth-order valence-electron chi connectivity index (χ4n) is 3.47. The first-order chi connectivity index (χ1) is 12.5. The third-order valence-electron chi connectivity index (χ3n) is 4.81. The SMILES string of the molecule is CC(=O)NC[C@H]1CN(c2ccc(N3CCCCC3CCl)c(F)c2)C(=O)O1. The number of carbonyl (C=O) groups is 2. The van der Waals surface area contributed by atoms with Gasteiger partial charge in [0.15, 0.2) is 0 Å². The Morgan fingerprint density at radius 2 is 2.23 bits per heavy atom. The predicted octanol–water partition coefficient (Wildman–Crippen LogP) is 2.88. The highest BCUT2D eigenvalue weighted by Crippen LogP contribution is 2.31. The molecule has 0 aliphatic carbocycles. The van der Waals surface area contributed by atoms with Crippen LogP contribution in [0.2, 0.25) is 0 Å². The van der Waals surface area contributed by atoms with Gasteiger partial charge in [-0.15, -0.1) is 11.6 Å². The van der Waals surface area contributed by atoms with Crippen LogP contribution in [0.25, 0.3) is 0 Å². The molecule has 0 radical (unpaired) electrons. The van der Waals surface area contributed by atoms with E-state index in [1.54, 1.807) is 12.1 Å². The Bertz CT molecular complexity index is 688. The van der Waals surface area contributed by atoms with Crippen LogP contribution in [0.3, 0.4) is 0 Å². The van der Waals surface area contributed by atoms with E-state index in [-0.39, 0.29) is 30.9 Å². The molecule has 2 fully saturated rings. The molecule has 0 saturated carbocycles. The highest BCUT2D eigenvalue weighted by atomic mass is 35.5. The Morgan fingerprint density at radius 3 is 2.92 bits per heavy atom. The Morgan fingerprint density at radius 1 is 1.42 bits per heavy atom. The predicted molar refractivity (Wildman–Crippen MR) is 98.4 cm³/mol. The van der Waals surface area contributed by atoms with Crippen molar-refractivity contribution >= 4 is 35.0 Å². The van der Waals surface area contributed by atoms with Crippen molar-refractivity contribution in [3.05, 3.63) is 24.0 Å². The van der Waals surface area contributed by atoms with Gasteiger partial charge in [0.05, 0.1) is 24.5 Å². The van der Waals surface area contributed by atoms with E-state index in [2.05, 4.69) is 5.32 Å². The fraction of sp³-hybridized carbons (Fsp3) is 0.556. The number of halogens is 2. The van der Waals surface area contributed by atoms with Crippen LogP contribution in [0.15, 0.2) is 18.2 Å². The number of nitrogens with one attached hydrogen (secondary N) is 1. The van der Waals surface area contributed by atoms with Crippen LogP contribution in [0.1, 0.15) is 26.2 Å². The number of alkyl halides is 1. The topological polar surface area (TPSA) is 61.9 Å². The summed E-state index contributed by atoms with van der Waals surface area (Å²) in [5.74, 6) is -0.104. The van der Waals surface area contributed by atoms with Crippen molar-refractivity contribution in [1.29, 1.82) is 0 Å². The Labute approximate surface area is 157 Å². The van der Waals surface area contributed by atoms with Crippen molar-refractivity contribution < 1.29 is 18.7 Å². The molecule has 1 unspecified atom stereocenters. The Balaban J connectivity index is 1.73. The van der Waals surface area contributed by atoms with Gasteiger partial charge in [-0.05, 0) is 37.5 Å². The fourth-order valence-corrected chi connectivity index (χ4v) is 3.79. The maximum absolute atomic E-state index is 14.8. The van der Waals surface area contributed by atoms with Crippen LogP contribution in [0.5, 0.6) is 0 Å². The molecule has 2 heterocycles. The second-order valence-electron chi connectivity index (χ2n) is 6.69. The number of nitrogens with zero attached hydrogens (tertiary/aromatic N) is 2. The third kappa shape index (κ3) is 4.03. The van der Waals surface area contributed by atoms with Crippen molar-refractivity contribution in [1.82, 2.24) is 5.32 Å². The second-order valence-corrected chi connectivity index (χ2v) is 7.00. The molecule has 2 saturated heterocycles. The van der Waals surface area contributed by atoms with Crippen LogP contribution in [0.4, 0.5) is 20.6 Å². The van der Waals surface area contributed by atoms with Crippen LogP contribution >= 0.6 is 11.6 Å². The normalized spacial score (nSPS) is 23.1. The van der Waals surface area contributed by atoms with Gasteiger partial charge in [-0.1, -0.05) is 0 Å². The summed E-state index contributed by atoms with van der Waals surface area (Å²) in [6, 6.07) is 4.91. The van der Waals surface area contributed by atoms with Crippen LogP contribution in [0, 0.1) is 5.82 Å². The molecule has 142 valence electrons. The van der Waals surface area contributed by atoms with Crippen LogP contribution in [-0.4, -0.2) is 49.7 Å². The zero-order chi connectivity index (χ0) is 18.7. The maximum atomic E-state index is 14.8. The average molecular weight is 384 g/mol. The minimum atomic E-state index is -0.538. The monoisotopic (exact) mass is 383 g/mol. The number of ether oxygens (including phenoxy) is 1. The molecule has 1 aromatic rings. The molecule has 2 aliphatic heterocycles. The van der Waals surface area contributed by atoms with Gasteiger partial charge in [0.1, 0.15) is 11.9 Å². The molecule has 2 atom stereocenters. The smallest absolute Gasteiger partial charge is 0.414 e. The summed E-state index contributed by atoms with van der Waals surface area (Å²) in [5.41, 5.74) is 0.961. The van der Waals surface area contributed by atoms with Gasteiger partial charge in [-0.3, -0.25) is 9.69 Å². The van der Waals surface area contributed by atoms with Gasteiger partial charge >= 0.3 is 6.09 Å². The lowest BCUT2D eigenvalue weighted by atomic mass is 10.0. The Kier molecular flexibility index (Phi) is 5.86. The van der Waals surface area contributed by atoms with E-state index in [0.29, 0.717) is 17.3 Å². The van der Waals surface area contributed by atoms with Crippen molar-refractivity contribution in [3.8, 4) is 0 Å². The standard InChI is InChI=1S/C18H23ClFN3O3/c1-12(24)21-10-15-11-23(18(25)26-15)13-5-6-17(16(20)8-13)22-7-3-2-4-14(22)9-19/h5-6,8,14-15H,2-4,7,9-11H2,1H3,(H,21,24)/t14?,15-/m0/s1. The molecule has 1 aromatic carbocycles. The molecule has 8 heteroatoms. The summed E-state index contributed by atoms with van der Waals surface area (Å²) in [4.78, 5) is 26.5. The first kappa shape index (κ1) is 18.8. The number of carbonyl (C=O) groups excluding carboxylic acids is 2. The van der Waals surface area contributed by atoms with Gasteiger partial charge in [0, 0.05) is 25.4 Å². The lowest BCUT2D eigenvalue weighted by molar-refractivity contribution is -0.119. The zero-order valence-electron chi connectivity index (χ0n) is 14.7. The van der Waals surface area contributed by atoms with E-state index in [4.69, 9.17) is 16.3 Å². The number of benzene rings is 1. The molecule has 6 nitrogen and oxygen atoms in total. The van der Waals surface area contributed by atoms with Gasteiger partial charge in [-0.25, -0.2) is 9.18 Å². The van der Waals surface area contributed by atoms with Crippen LogP contribution in [-0.2, 0) is 9.53 Å². The maximum Gasteiger partial charge on any atom is 0.414 e. The number of amides is 2. The first-order valence-corrected chi connectivity index (χ1v) is 9.37. The number of rotatable bonds is 5. The van der Waals surface area contributed by atoms with Crippen molar-refractivity contribution in [2.24, 2.45) is 0 Å². The molecular formula is C18H23ClFN3O3. The van der Waals surface area contributed by atoms with Crippen molar-refractivity contribution in [2.75, 3.05) is 35.3 Å². The van der Waals surface area contributed by atoms with E-state index in [1.165, 1.54) is 17.9 Å². The summed E-state index contributed by atoms with van der Waals surface area (Å²) in [5, 5.41) is 2.62. The molecule has 2 aliphatic rings. The number of piperidine rings is 1.